The van der Waals surface area contributed by atoms with Gasteiger partial charge in [0.2, 0.25) is 0 Å². The third kappa shape index (κ3) is 3.61. The van der Waals surface area contributed by atoms with Crippen molar-refractivity contribution in [2.75, 3.05) is 18.0 Å². The lowest BCUT2D eigenvalue weighted by Gasteiger charge is -2.37. The highest BCUT2D eigenvalue weighted by molar-refractivity contribution is 6.47. The standard InChI is InChI=1S/C16H23BF2NO2/c1-15(2,21)16(3,4)22-17-14-12(18)9-11(10-13(14)19)20-7-5-6-8-20/h9-10,21H,5-8H2,1-4H3. The van der Waals surface area contributed by atoms with Crippen molar-refractivity contribution in [3.05, 3.63) is 23.8 Å². The Labute approximate surface area is 131 Å². The zero-order valence-corrected chi connectivity index (χ0v) is 13.6. The van der Waals surface area contributed by atoms with Crippen molar-refractivity contribution < 1.29 is 18.5 Å². The Balaban J connectivity index is 2.15. The first-order valence-electron chi connectivity index (χ1n) is 7.59. The normalized spacial score (nSPS) is 16.2. The van der Waals surface area contributed by atoms with Crippen molar-refractivity contribution >= 4 is 18.6 Å². The molecule has 0 saturated carbocycles. The number of aliphatic hydroxyl groups is 1. The molecule has 1 aliphatic heterocycles. The summed E-state index contributed by atoms with van der Waals surface area (Å²) >= 11 is 0. The summed E-state index contributed by atoms with van der Waals surface area (Å²) in [6.45, 7) is 8.15. The fourth-order valence-corrected chi connectivity index (χ4v) is 2.19. The molecule has 1 saturated heterocycles. The van der Waals surface area contributed by atoms with Crippen molar-refractivity contribution in [3.8, 4) is 0 Å². The first-order chi connectivity index (χ1) is 10.1. The van der Waals surface area contributed by atoms with E-state index < -0.39 is 22.8 Å². The highest BCUT2D eigenvalue weighted by Crippen LogP contribution is 2.25. The number of benzene rings is 1. The van der Waals surface area contributed by atoms with E-state index in [9.17, 15) is 13.9 Å². The summed E-state index contributed by atoms with van der Waals surface area (Å²) < 4.78 is 33.8. The summed E-state index contributed by atoms with van der Waals surface area (Å²) in [5.74, 6) is -1.32. The smallest absolute Gasteiger partial charge is 0.337 e. The fraction of sp³-hybridized carbons (Fsp3) is 0.625. The molecule has 121 valence electrons. The van der Waals surface area contributed by atoms with Crippen molar-refractivity contribution in [2.24, 2.45) is 0 Å². The van der Waals surface area contributed by atoms with E-state index in [0.717, 1.165) is 33.4 Å². The first kappa shape index (κ1) is 17.2. The highest BCUT2D eigenvalue weighted by Gasteiger charge is 2.36. The molecule has 0 aromatic heterocycles. The molecular formula is C16H23BF2NO2. The quantitative estimate of drug-likeness (QED) is 0.848. The topological polar surface area (TPSA) is 32.7 Å². The maximum Gasteiger partial charge on any atom is 0.337 e. The zero-order valence-electron chi connectivity index (χ0n) is 13.6. The molecule has 1 heterocycles. The van der Waals surface area contributed by atoms with Crippen LogP contribution in [0.1, 0.15) is 40.5 Å². The Morgan fingerprint density at radius 2 is 1.59 bits per heavy atom. The number of rotatable bonds is 5. The van der Waals surface area contributed by atoms with Crippen LogP contribution in [0, 0.1) is 11.6 Å². The average molecular weight is 310 g/mol. The minimum Gasteiger partial charge on any atom is -0.426 e. The van der Waals surface area contributed by atoms with Crippen LogP contribution >= 0.6 is 0 Å². The molecule has 1 aromatic rings. The van der Waals surface area contributed by atoms with Crippen LogP contribution < -0.4 is 10.4 Å². The van der Waals surface area contributed by atoms with Gasteiger partial charge in [-0.3, -0.25) is 0 Å². The van der Waals surface area contributed by atoms with Gasteiger partial charge in [-0.15, -0.1) is 0 Å². The lowest BCUT2D eigenvalue weighted by molar-refractivity contribution is -0.0894. The Morgan fingerprint density at radius 3 is 2.05 bits per heavy atom. The molecule has 1 N–H and O–H groups in total. The number of hydrogen-bond donors (Lipinski definition) is 1. The third-order valence-corrected chi connectivity index (χ3v) is 4.48. The molecule has 1 fully saturated rings. The molecular weight excluding hydrogens is 287 g/mol. The third-order valence-electron chi connectivity index (χ3n) is 4.48. The van der Waals surface area contributed by atoms with E-state index in [0.29, 0.717) is 5.69 Å². The summed E-state index contributed by atoms with van der Waals surface area (Å²) in [5, 5.41) is 10.0. The molecule has 22 heavy (non-hydrogen) atoms. The van der Waals surface area contributed by atoms with E-state index in [1.54, 1.807) is 27.7 Å². The van der Waals surface area contributed by atoms with E-state index in [-0.39, 0.29) is 5.46 Å². The Hall–Kier alpha value is -1.14. The van der Waals surface area contributed by atoms with E-state index >= 15 is 0 Å². The Kier molecular flexibility index (Phi) is 4.83. The van der Waals surface area contributed by atoms with Gasteiger partial charge in [0.1, 0.15) is 11.6 Å². The molecule has 3 nitrogen and oxygen atoms in total. The van der Waals surface area contributed by atoms with E-state index in [2.05, 4.69) is 0 Å². The van der Waals surface area contributed by atoms with Gasteiger partial charge in [-0.25, -0.2) is 8.78 Å². The van der Waals surface area contributed by atoms with Gasteiger partial charge in [-0.05, 0) is 52.7 Å². The van der Waals surface area contributed by atoms with Crippen LogP contribution in [-0.4, -0.2) is 36.9 Å². The summed E-state index contributed by atoms with van der Waals surface area (Å²) in [6, 6.07) is 2.67. The predicted molar refractivity (Wildman–Crippen MR) is 84.7 cm³/mol. The molecule has 0 aliphatic carbocycles. The molecule has 0 bridgehead atoms. The molecule has 0 spiro atoms. The fourth-order valence-electron chi connectivity index (χ4n) is 2.19. The van der Waals surface area contributed by atoms with E-state index in [4.69, 9.17) is 4.65 Å². The van der Waals surface area contributed by atoms with E-state index in [1.807, 2.05) is 4.90 Å². The van der Waals surface area contributed by atoms with Gasteiger partial charge in [0.05, 0.1) is 11.2 Å². The maximum absolute atomic E-state index is 14.2. The van der Waals surface area contributed by atoms with Gasteiger partial charge in [-0.2, -0.15) is 0 Å². The van der Waals surface area contributed by atoms with Crippen LogP contribution in [0.25, 0.3) is 0 Å². The summed E-state index contributed by atoms with van der Waals surface area (Å²) in [5.41, 5.74) is -1.78. The zero-order chi connectivity index (χ0) is 16.5. The van der Waals surface area contributed by atoms with Crippen LogP contribution in [0.3, 0.4) is 0 Å². The van der Waals surface area contributed by atoms with Crippen LogP contribution in [-0.2, 0) is 4.65 Å². The minimum absolute atomic E-state index is 0.222. The number of halogens is 2. The minimum atomic E-state index is -1.15. The van der Waals surface area contributed by atoms with Gasteiger partial charge in [-0.1, -0.05) is 0 Å². The second kappa shape index (κ2) is 6.16. The summed E-state index contributed by atoms with van der Waals surface area (Å²) in [7, 11) is 1.05. The van der Waals surface area contributed by atoms with Crippen LogP contribution in [0.15, 0.2) is 12.1 Å². The lowest BCUT2D eigenvalue weighted by atomic mass is 9.82. The molecule has 0 amide bonds. The molecule has 1 radical (unpaired) electrons. The largest absolute Gasteiger partial charge is 0.426 e. The van der Waals surface area contributed by atoms with Crippen molar-refractivity contribution in [1.82, 2.24) is 0 Å². The van der Waals surface area contributed by atoms with Gasteiger partial charge >= 0.3 is 7.48 Å². The summed E-state index contributed by atoms with van der Waals surface area (Å²) in [4.78, 5) is 1.97. The SMILES string of the molecule is CC(C)(O)C(C)(C)O[B]c1c(F)cc(N2CCCC2)cc1F. The highest BCUT2D eigenvalue weighted by atomic mass is 19.1. The number of hydrogen-bond acceptors (Lipinski definition) is 3. The average Bonchev–Trinajstić information content (AvgIpc) is 2.89. The van der Waals surface area contributed by atoms with Gasteiger partial charge in [0, 0.05) is 24.2 Å². The van der Waals surface area contributed by atoms with Crippen LogP contribution in [0.5, 0.6) is 0 Å². The summed E-state index contributed by atoms with van der Waals surface area (Å²) in [6.07, 6.45) is 2.08. The monoisotopic (exact) mass is 310 g/mol. The van der Waals surface area contributed by atoms with Crippen molar-refractivity contribution in [3.63, 3.8) is 0 Å². The van der Waals surface area contributed by atoms with Crippen molar-refractivity contribution in [2.45, 2.75) is 51.7 Å². The second-order valence-corrected chi connectivity index (χ2v) is 6.82. The van der Waals surface area contributed by atoms with Gasteiger partial charge < -0.3 is 14.7 Å². The lowest BCUT2D eigenvalue weighted by Crippen LogP contribution is -2.49. The van der Waals surface area contributed by atoms with Crippen LogP contribution in [0.4, 0.5) is 14.5 Å². The molecule has 1 aromatic carbocycles. The second-order valence-electron chi connectivity index (χ2n) is 6.82. The Morgan fingerprint density at radius 1 is 1.09 bits per heavy atom. The molecule has 1 aliphatic rings. The molecule has 6 heteroatoms. The van der Waals surface area contributed by atoms with Crippen LogP contribution in [0.2, 0.25) is 0 Å². The van der Waals surface area contributed by atoms with Gasteiger partial charge in [0.25, 0.3) is 0 Å². The van der Waals surface area contributed by atoms with Crippen molar-refractivity contribution in [1.29, 1.82) is 0 Å². The first-order valence-corrected chi connectivity index (χ1v) is 7.59. The maximum atomic E-state index is 14.2. The Bertz CT molecular complexity index is 514. The predicted octanol–water partition coefficient (Wildman–Crippen LogP) is 2.38. The molecule has 2 rings (SSSR count). The van der Waals surface area contributed by atoms with E-state index in [1.165, 1.54) is 12.1 Å². The number of nitrogens with zero attached hydrogens (tertiary/aromatic N) is 1. The number of anilines is 1. The van der Waals surface area contributed by atoms with Gasteiger partial charge in [0.15, 0.2) is 0 Å². The molecule has 0 unspecified atom stereocenters. The molecule has 0 atom stereocenters.